The van der Waals surface area contributed by atoms with Gasteiger partial charge in [0.1, 0.15) is 6.26 Å². The summed E-state index contributed by atoms with van der Waals surface area (Å²) in [6.07, 6.45) is 12.7. The second-order valence-corrected chi connectivity index (χ2v) is 6.82. The zero-order valence-corrected chi connectivity index (χ0v) is 16.9. The van der Waals surface area contributed by atoms with Crippen LogP contribution in [-0.2, 0) is 14.3 Å². The third-order valence-corrected chi connectivity index (χ3v) is 4.45. The Hall–Kier alpha value is -1.89. The molecule has 0 atom stereocenters. The van der Waals surface area contributed by atoms with E-state index in [1.165, 1.54) is 51.2 Å². The van der Waals surface area contributed by atoms with Crippen molar-refractivity contribution in [3.05, 3.63) is 12.3 Å². The number of hydrogen-bond donors (Lipinski definition) is 1. The van der Waals surface area contributed by atoms with Gasteiger partial charge in [-0.05, 0) is 6.42 Å². The van der Waals surface area contributed by atoms with Crippen LogP contribution in [0, 0.1) is 0 Å². The van der Waals surface area contributed by atoms with E-state index in [-0.39, 0.29) is 18.4 Å². The van der Waals surface area contributed by atoms with Crippen molar-refractivity contribution in [1.29, 1.82) is 0 Å². The standard InChI is InChI=1S/C20H35N3O4/c1-3-4-5-6-7-8-9-10-11-12-20(25)23(14-16-26-2)17-19(24)21-18-13-15-27-22-18/h13,15H,3-12,14,16-17H2,1-2H3,(H,21,22,24). The molecule has 0 spiro atoms. The van der Waals surface area contributed by atoms with Gasteiger partial charge in [-0.25, -0.2) is 0 Å². The zero-order valence-electron chi connectivity index (χ0n) is 16.9. The molecule has 0 saturated carbocycles. The van der Waals surface area contributed by atoms with Gasteiger partial charge in [0.15, 0.2) is 5.82 Å². The number of methoxy groups -OCH3 is 1. The molecule has 0 fully saturated rings. The number of amides is 2. The molecule has 7 heteroatoms. The summed E-state index contributed by atoms with van der Waals surface area (Å²) in [6.45, 7) is 3.02. The number of carbonyl (C=O) groups is 2. The van der Waals surface area contributed by atoms with Crippen molar-refractivity contribution in [2.24, 2.45) is 0 Å². The molecule has 0 aliphatic rings. The summed E-state index contributed by atoms with van der Waals surface area (Å²) in [5, 5.41) is 6.25. The lowest BCUT2D eigenvalue weighted by molar-refractivity contribution is -0.135. The Morgan fingerprint density at radius 3 is 2.37 bits per heavy atom. The van der Waals surface area contributed by atoms with Gasteiger partial charge in [-0.15, -0.1) is 0 Å². The zero-order chi connectivity index (χ0) is 19.7. The number of aromatic nitrogens is 1. The first-order valence-corrected chi connectivity index (χ1v) is 10.1. The highest BCUT2D eigenvalue weighted by Crippen LogP contribution is 2.11. The minimum absolute atomic E-state index is 0.00746. The number of nitrogens with one attached hydrogen (secondary N) is 1. The van der Waals surface area contributed by atoms with E-state index in [9.17, 15) is 9.59 Å². The van der Waals surface area contributed by atoms with Crippen LogP contribution in [0.3, 0.4) is 0 Å². The molecular formula is C20H35N3O4. The summed E-state index contributed by atoms with van der Waals surface area (Å²) >= 11 is 0. The molecule has 0 aliphatic carbocycles. The lowest BCUT2D eigenvalue weighted by Crippen LogP contribution is -2.39. The molecule has 0 unspecified atom stereocenters. The molecule has 154 valence electrons. The van der Waals surface area contributed by atoms with Gasteiger partial charge in [0.2, 0.25) is 11.8 Å². The summed E-state index contributed by atoms with van der Waals surface area (Å²) < 4.78 is 9.73. The molecule has 1 rings (SSSR count). The monoisotopic (exact) mass is 381 g/mol. The minimum Gasteiger partial charge on any atom is -0.383 e. The van der Waals surface area contributed by atoms with Crippen LogP contribution in [0.2, 0.25) is 0 Å². The van der Waals surface area contributed by atoms with Crippen molar-refractivity contribution in [3.8, 4) is 0 Å². The topological polar surface area (TPSA) is 84.7 Å². The molecule has 1 heterocycles. The van der Waals surface area contributed by atoms with Crippen molar-refractivity contribution in [2.45, 2.75) is 71.1 Å². The number of nitrogens with zero attached hydrogens (tertiary/aromatic N) is 2. The maximum atomic E-state index is 12.5. The van der Waals surface area contributed by atoms with E-state index < -0.39 is 0 Å². The average molecular weight is 382 g/mol. The molecule has 7 nitrogen and oxygen atoms in total. The van der Waals surface area contributed by atoms with E-state index in [0.29, 0.717) is 25.4 Å². The van der Waals surface area contributed by atoms with Crippen LogP contribution in [0.15, 0.2) is 16.9 Å². The van der Waals surface area contributed by atoms with Crippen molar-refractivity contribution in [1.82, 2.24) is 10.1 Å². The summed E-state index contributed by atoms with van der Waals surface area (Å²) in [6, 6.07) is 1.56. The molecule has 1 aromatic heterocycles. The maximum Gasteiger partial charge on any atom is 0.245 e. The Bertz CT molecular complexity index is 505. The van der Waals surface area contributed by atoms with Gasteiger partial charge >= 0.3 is 0 Å². The molecular weight excluding hydrogens is 346 g/mol. The Morgan fingerprint density at radius 2 is 1.78 bits per heavy atom. The number of anilines is 1. The first kappa shape index (κ1) is 23.1. The van der Waals surface area contributed by atoms with Gasteiger partial charge in [-0.3, -0.25) is 9.59 Å². The molecule has 0 bridgehead atoms. The van der Waals surface area contributed by atoms with E-state index in [1.807, 2.05) is 0 Å². The average Bonchev–Trinajstić information content (AvgIpc) is 3.16. The van der Waals surface area contributed by atoms with Gasteiger partial charge in [-0.2, -0.15) is 0 Å². The van der Waals surface area contributed by atoms with E-state index in [1.54, 1.807) is 18.1 Å². The van der Waals surface area contributed by atoms with E-state index >= 15 is 0 Å². The van der Waals surface area contributed by atoms with E-state index in [0.717, 1.165) is 12.8 Å². The largest absolute Gasteiger partial charge is 0.383 e. The third kappa shape index (κ3) is 11.4. The molecule has 1 aromatic rings. The molecule has 1 N–H and O–H groups in total. The Balaban J connectivity index is 2.23. The van der Waals surface area contributed by atoms with Crippen LogP contribution < -0.4 is 5.32 Å². The molecule has 0 aliphatic heterocycles. The number of unbranched alkanes of at least 4 members (excludes halogenated alkanes) is 8. The van der Waals surface area contributed by atoms with Crippen LogP contribution in [0.1, 0.15) is 71.1 Å². The van der Waals surface area contributed by atoms with Crippen LogP contribution >= 0.6 is 0 Å². The predicted molar refractivity (Wildman–Crippen MR) is 105 cm³/mol. The van der Waals surface area contributed by atoms with Gasteiger partial charge in [0, 0.05) is 26.1 Å². The Labute approximate surface area is 162 Å². The van der Waals surface area contributed by atoms with Crippen LogP contribution in [0.25, 0.3) is 0 Å². The fourth-order valence-electron chi connectivity index (χ4n) is 2.87. The summed E-state index contributed by atoms with van der Waals surface area (Å²) in [7, 11) is 1.58. The highest BCUT2D eigenvalue weighted by atomic mass is 16.5. The SMILES string of the molecule is CCCCCCCCCCCC(=O)N(CCOC)CC(=O)Nc1ccon1. The Kier molecular flexibility index (Phi) is 13.0. The number of hydrogen-bond acceptors (Lipinski definition) is 5. The minimum atomic E-state index is -0.291. The van der Waals surface area contributed by atoms with Gasteiger partial charge in [0.05, 0.1) is 13.2 Å². The predicted octanol–water partition coefficient (Wildman–Crippen LogP) is 4.01. The number of ether oxygens (including phenoxy) is 1. The third-order valence-electron chi connectivity index (χ3n) is 4.45. The van der Waals surface area contributed by atoms with E-state index in [2.05, 4.69) is 21.9 Å². The van der Waals surface area contributed by atoms with Crippen molar-refractivity contribution in [3.63, 3.8) is 0 Å². The molecule has 27 heavy (non-hydrogen) atoms. The summed E-state index contributed by atoms with van der Waals surface area (Å²) in [5.41, 5.74) is 0. The number of carbonyl (C=O) groups excluding carboxylic acids is 2. The van der Waals surface area contributed by atoms with Crippen LogP contribution in [-0.4, -0.2) is 48.7 Å². The molecule has 2 amide bonds. The lowest BCUT2D eigenvalue weighted by atomic mass is 10.1. The van der Waals surface area contributed by atoms with Crippen molar-refractivity contribution >= 4 is 17.6 Å². The molecule has 0 saturated heterocycles. The number of rotatable bonds is 16. The Morgan fingerprint density at radius 1 is 1.11 bits per heavy atom. The second kappa shape index (κ2) is 15.2. The highest BCUT2D eigenvalue weighted by molar-refractivity contribution is 5.93. The van der Waals surface area contributed by atoms with Gasteiger partial charge < -0.3 is 19.5 Å². The van der Waals surface area contributed by atoms with Crippen molar-refractivity contribution in [2.75, 3.05) is 32.1 Å². The highest BCUT2D eigenvalue weighted by Gasteiger charge is 2.17. The van der Waals surface area contributed by atoms with Crippen LogP contribution in [0.4, 0.5) is 5.82 Å². The summed E-state index contributed by atoms with van der Waals surface area (Å²) in [4.78, 5) is 26.1. The smallest absolute Gasteiger partial charge is 0.245 e. The lowest BCUT2D eigenvalue weighted by Gasteiger charge is -2.21. The maximum absolute atomic E-state index is 12.5. The molecule has 0 aromatic carbocycles. The van der Waals surface area contributed by atoms with Crippen molar-refractivity contribution < 1.29 is 18.8 Å². The second-order valence-electron chi connectivity index (χ2n) is 6.82. The summed E-state index contributed by atoms with van der Waals surface area (Å²) in [5.74, 6) is 0.0452. The van der Waals surface area contributed by atoms with Gasteiger partial charge in [-0.1, -0.05) is 63.4 Å². The van der Waals surface area contributed by atoms with Gasteiger partial charge in [0.25, 0.3) is 0 Å². The quantitative estimate of drug-likeness (QED) is 0.437. The van der Waals surface area contributed by atoms with Crippen LogP contribution in [0.5, 0.6) is 0 Å². The fraction of sp³-hybridized carbons (Fsp3) is 0.750. The molecule has 0 radical (unpaired) electrons. The first-order valence-electron chi connectivity index (χ1n) is 10.1. The fourth-order valence-corrected chi connectivity index (χ4v) is 2.87. The van der Waals surface area contributed by atoms with E-state index in [4.69, 9.17) is 4.74 Å². The first-order chi connectivity index (χ1) is 13.2. The normalized spacial score (nSPS) is 10.7.